The van der Waals surface area contributed by atoms with Gasteiger partial charge in [0.15, 0.2) is 5.11 Å². The molecule has 150 valence electrons. The van der Waals surface area contributed by atoms with E-state index >= 15 is 0 Å². The van der Waals surface area contributed by atoms with E-state index in [-0.39, 0.29) is 10.7 Å². The van der Waals surface area contributed by atoms with Crippen LogP contribution in [0, 0.1) is 0 Å². The van der Waals surface area contributed by atoms with Gasteiger partial charge in [0.1, 0.15) is 0 Å². The average Bonchev–Trinajstić information content (AvgIpc) is 2.62. The summed E-state index contributed by atoms with van der Waals surface area (Å²) in [5.74, 6) is -0.754. The van der Waals surface area contributed by atoms with Gasteiger partial charge in [-0.3, -0.25) is 10.1 Å². The van der Waals surface area contributed by atoms with Crippen molar-refractivity contribution in [1.29, 1.82) is 0 Å². The molecule has 0 unspecified atom stereocenters. The number of alkyl halides is 3. The van der Waals surface area contributed by atoms with Crippen molar-refractivity contribution in [3.05, 3.63) is 64.2 Å². The zero-order valence-electron chi connectivity index (χ0n) is 15.2. The summed E-state index contributed by atoms with van der Waals surface area (Å²) in [4.78, 5) is 12.2. The van der Waals surface area contributed by atoms with Crippen molar-refractivity contribution >= 4 is 40.5 Å². The molecule has 0 aliphatic carbocycles. The number of amides is 1. The Kier molecular flexibility index (Phi) is 7.83. The molecule has 0 aliphatic heterocycles. The van der Waals surface area contributed by atoms with Gasteiger partial charge in [0.2, 0.25) is 0 Å². The van der Waals surface area contributed by atoms with E-state index in [0.717, 1.165) is 25.3 Å². The predicted molar refractivity (Wildman–Crippen MR) is 110 cm³/mol. The van der Waals surface area contributed by atoms with E-state index in [9.17, 15) is 18.0 Å². The first-order valence-corrected chi connectivity index (χ1v) is 9.57. The second-order valence-corrected chi connectivity index (χ2v) is 7.07. The van der Waals surface area contributed by atoms with Crippen LogP contribution in [0.1, 0.15) is 47.7 Å². The Morgan fingerprint density at radius 1 is 1.11 bits per heavy atom. The molecule has 0 heterocycles. The lowest BCUT2D eigenvalue weighted by Crippen LogP contribution is -2.34. The summed E-state index contributed by atoms with van der Waals surface area (Å²) in [6.45, 7) is 2.15. The minimum absolute atomic E-state index is 0.00718. The van der Waals surface area contributed by atoms with Gasteiger partial charge in [0, 0.05) is 11.3 Å². The number of carbonyl (C=O) groups excluding carboxylic acids is 1. The summed E-state index contributed by atoms with van der Waals surface area (Å²) in [5.41, 5.74) is 0.623. The smallest absolute Gasteiger partial charge is 0.332 e. The maximum atomic E-state index is 12.9. The Hall–Kier alpha value is -2.12. The second-order valence-electron chi connectivity index (χ2n) is 6.25. The molecule has 0 bridgehead atoms. The summed E-state index contributed by atoms with van der Waals surface area (Å²) < 4.78 is 38.8. The van der Waals surface area contributed by atoms with Crippen LogP contribution in [-0.4, -0.2) is 11.0 Å². The number of rotatable bonds is 6. The van der Waals surface area contributed by atoms with Crippen molar-refractivity contribution < 1.29 is 18.0 Å². The quantitative estimate of drug-likeness (QED) is 0.424. The van der Waals surface area contributed by atoms with Gasteiger partial charge in [-0.25, -0.2) is 0 Å². The number of carbonyl (C=O) groups is 1. The maximum Gasteiger partial charge on any atom is 0.417 e. The first-order valence-electron chi connectivity index (χ1n) is 8.78. The molecule has 8 heteroatoms. The van der Waals surface area contributed by atoms with Gasteiger partial charge >= 0.3 is 6.18 Å². The summed E-state index contributed by atoms with van der Waals surface area (Å²) in [7, 11) is 0. The van der Waals surface area contributed by atoms with Gasteiger partial charge in [0.25, 0.3) is 5.91 Å². The van der Waals surface area contributed by atoms with Crippen LogP contribution in [0.3, 0.4) is 0 Å². The summed E-state index contributed by atoms with van der Waals surface area (Å²) >= 11 is 10.6. The Bertz CT molecular complexity index is 838. The lowest BCUT2D eigenvalue weighted by atomic mass is 10.1. The maximum absolute atomic E-state index is 12.9. The third-order valence-electron chi connectivity index (χ3n) is 4.04. The van der Waals surface area contributed by atoms with Gasteiger partial charge in [-0.2, -0.15) is 13.2 Å². The first kappa shape index (κ1) is 22.2. The molecule has 0 fully saturated rings. The highest BCUT2D eigenvalue weighted by molar-refractivity contribution is 7.80. The molecule has 0 spiro atoms. The third kappa shape index (κ3) is 6.49. The van der Waals surface area contributed by atoms with Gasteiger partial charge in [0.05, 0.1) is 10.6 Å². The monoisotopic (exact) mass is 428 g/mol. The lowest BCUT2D eigenvalue weighted by Gasteiger charge is -2.12. The Labute approximate surface area is 172 Å². The van der Waals surface area contributed by atoms with E-state index in [1.807, 2.05) is 24.3 Å². The van der Waals surface area contributed by atoms with Gasteiger partial charge in [-0.1, -0.05) is 43.5 Å². The fraction of sp³-hybridized carbons (Fsp3) is 0.300. The first-order chi connectivity index (χ1) is 13.2. The number of unbranched alkanes of at least 4 members (excludes halogenated alkanes) is 2. The van der Waals surface area contributed by atoms with E-state index in [1.165, 1.54) is 18.1 Å². The van der Waals surface area contributed by atoms with Gasteiger partial charge in [-0.15, -0.1) is 0 Å². The highest BCUT2D eigenvalue weighted by Gasteiger charge is 2.33. The topological polar surface area (TPSA) is 41.1 Å². The van der Waals surface area contributed by atoms with Crippen LogP contribution in [-0.2, 0) is 12.6 Å². The van der Waals surface area contributed by atoms with Crippen LogP contribution in [0.15, 0.2) is 42.5 Å². The fourth-order valence-electron chi connectivity index (χ4n) is 2.56. The Balaban J connectivity index is 1.97. The van der Waals surface area contributed by atoms with E-state index in [0.29, 0.717) is 11.8 Å². The van der Waals surface area contributed by atoms with Crippen LogP contribution in [0.5, 0.6) is 0 Å². The number of hydrogen-bond donors (Lipinski definition) is 2. The highest BCUT2D eigenvalue weighted by atomic mass is 35.5. The van der Waals surface area contributed by atoms with E-state index in [2.05, 4.69) is 17.6 Å². The average molecular weight is 429 g/mol. The molecule has 3 nitrogen and oxygen atoms in total. The molecule has 28 heavy (non-hydrogen) atoms. The molecule has 2 aromatic rings. The minimum atomic E-state index is -4.65. The van der Waals surface area contributed by atoms with Crippen LogP contribution in [0.2, 0.25) is 5.02 Å². The molecule has 2 rings (SSSR count). The third-order valence-corrected chi connectivity index (χ3v) is 4.58. The zero-order valence-corrected chi connectivity index (χ0v) is 16.8. The summed E-state index contributed by atoms with van der Waals surface area (Å²) in [6.07, 6.45) is -0.195. The SMILES string of the molecule is CCCCCc1ccc(NC(=S)NC(=O)c2ccc(Cl)c(C(F)(F)F)c2)cc1. The molecule has 0 aromatic heterocycles. The van der Waals surface area contributed by atoms with E-state index < -0.39 is 22.7 Å². The zero-order chi connectivity index (χ0) is 20.7. The van der Waals surface area contributed by atoms with Crippen molar-refractivity contribution in [3.8, 4) is 0 Å². The van der Waals surface area contributed by atoms with Gasteiger partial charge in [-0.05, 0) is 61.0 Å². The molecule has 2 aromatic carbocycles. The van der Waals surface area contributed by atoms with Crippen molar-refractivity contribution in [3.63, 3.8) is 0 Å². The number of hydrogen-bond acceptors (Lipinski definition) is 2. The number of thiocarbonyl (C=S) groups is 1. The molecular weight excluding hydrogens is 409 g/mol. The number of nitrogens with one attached hydrogen (secondary N) is 2. The standard InChI is InChI=1S/C20H20ClF3N2OS/c1-2-3-4-5-13-6-9-15(10-7-13)25-19(28)26-18(27)14-8-11-17(21)16(12-14)20(22,23)24/h6-12H,2-5H2,1H3,(H2,25,26,27,28). The summed E-state index contributed by atoms with van der Waals surface area (Å²) in [5, 5.41) is 4.74. The van der Waals surface area contributed by atoms with Crippen LogP contribution in [0.4, 0.5) is 18.9 Å². The Morgan fingerprint density at radius 3 is 2.39 bits per heavy atom. The molecule has 1 amide bonds. The number of halogens is 4. The normalized spacial score (nSPS) is 11.2. The molecule has 0 atom stereocenters. The Morgan fingerprint density at radius 2 is 1.79 bits per heavy atom. The molecule has 2 N–H and O–H groups in total. The van der Waals surface area contributed by atoms with E-state index in [1.54, 1.807) is 0 Å². The number of anilines is 1. The minimum Gasteiger partial charge on any atom is -0.332 e. The number of benzene rings is 2. The molecular formula is C20H20ClF3N2OS. The second kappa shape index (κ2) is 9.89. The lowest BCUT2D eigenvalue weighted by molar-refractivity contribution is -0.137. The molecule has 0 saturated carbocycles. The van der Waals surface area contributed by atoms with Crippen molar-refractivity contribution in [2.75, 3.05) is 5.32 Å². The van der Waals surface area contributed by atoms with Crippen LogP contribution in [0.25, 0.3) is 0 Å². The molecule has 0 aliphatic rings. The van der Waals surface area contributed by atoms with Crippen molar-refractivity contribution in [1.82, 2.24) is 5.32 Å². The van der Waals surface area contributed by atoms with Gasteiger partial charge < -0.3 is 5.32 Å². The number of aryl methyl sites for hydroxylation is 1. The van der Waals surface area contributed by atoms with Crippen molar-refractivity contribution in [2.45, 2.75) is 38.8 Å². The molecule has 0 radical (unpaired) electrons. The predicted octanol–water partition coefficient (Wildman–Crippen LogP) is 6.22. The largest absolute Gasteiger partial charge is 0.417 e. The highest BCUT2D eigenvalue weighted by Crippen LogP contribution is 2.35. The van der Waals surface area contributed by atoms with Crippen molar-refractivity contribution in [2.24, 2.45) is 0 Å². The van der Waals surface area contributed by atoms with E-state index in [4.69, 9.17) is 23.8 Å². The summed E-state index contributed by atoms with van der Waals surface area (Å²) in [6, 6.07) is 10.6. The fourth-order valence-corrected chi connectivity index (χ4v) is 2.99. The van der Waals surface area contributed by atoms with Crippen LogP contribution >= 0.6 is 23.8 Å². The van der Waals surface area contributed by atoms with Crippen LogP contribution < -0.4 is 10.6 Å². The molecule has 0 saturated heterocycles.